The van der Waals surface area contributed by atoms with Crippen molar-refractivity contribution in [3.63, 3.8) is 0 Å². The molecule has 3 rings (SSSR count). The van der Waals surface area contributed by atoms with Crippen molar-refractivity contribution in [2.45, 2.75) is 26.3 Å². The van der Waals surface area contributed by atoms with Crippen LogP contribution in [0.15, 0.2) is 30.3 Å². The molecule has 2 nitrogen and oxygen atoms in total. The molecule has 3 heteroatoms. The van der Waals surface area contributed by atoms with Crippen LogP contribution in [0.5, 0.6) is 0 Å². The summed E-state index contributed by atoms with van der Waals surface area (Å²) in [7, 11) is 0. The van der Waals surface area contributed by atoms with Crippen LogP contribution in [0.3, 0.4) is 0 Å². The molecule has 2 aromatic rings. The number of hydrogen-bond donors (Lipinski definition) is 0. The van der Waals surface area contributed by atoms with Crippen molar-refractivity contribution >= 4 is 28.2 Å². The maximum atomic E-state index is 6.29. The van der Waals surface area contributed by atoms with Gasteiger partial charge in [0.05, 0.1) is 0 Å². The third-order valence-corrected chi connectivity index (χ3v) is 4.40. The number of halogens is 1. The van der Waals surface area contributed by atoms with Gasteiger partial charge in [-0.2, -0.15) is 0 Å². The second-order valence-electron chi connectivity index (χ2n) is 5.19. The highest BCUT2D eigenvalue weighted by Gasteiger charge is 2.28. The third-order valence-electron chi connectivity index (χ3n) is 4.12. The summed E-state index contributed by atoms with van der Waals surface area (Å²) in [5.41, 5.74) is 0. The van der Waals surface area contributed by atoms with Crippen LogP contribution in [0, 0.1) is 5.92 Å². The van der Waals surface area contributed by atoms with Crippen molar-refractivity contribution in [1.82, 2.24) is 4.98 Å². The molecule has 1 aromatic heterocycles. The molecule has 2 heterocycles. The highest BCUT2D eigenvalue weighted by atomic mass is 35.5. The number of nitrogens with zero attached hydrogens (tertiary/aromatic N) is 2. The van der Waals surface area contributed by atoms with Crippen LogP contribution in [-0.2, 0) is 0 Å². The number of fused-ring (bicyclic) bond motifs is 1. The lowest BCUT2D eigenvalue weighted by molar-refractivity contribution is 0.544. The summed E-state index contributed by atoms with van der Waals surface area (Å²) in [6.07, 6.45) is 1.23. The largest absolute Gasteiger partial charge is 0.354 e. The first-order valence-corrected chi connectivity index (χ1v) is 6.86. The minimum Gasteiger partial charge on any atom is -0.354 e. The van der Waals surface area contributed by atoms with E-state index in [4.69, 9.17) is 11.6 Å². The van der Waals surface area contributed by atoms with E-state index in [0.29, 0.717) is 11.2 Å². The fourth-order valence-electron chi connectivity index (χ4n) is 2.71. The Morgan fingerprint density at radius 3 is 2.78 bits per heavy atom. The molecule has 1 aromatic carbocycles. The molecule has 0 saturated carbocycles. The van der Waals surface area contributed by atoms with E-state index in [0.717, 1.165) is 23.7 Å². The smallest absolute Gasteiger partial charge is 0.139 e. The molecule has 1 aliphatic rings. The first-order chi connectivity index (χ1) is 8.66. The van der Waals surface area contributed by atoms with Gasteiger partial charge in [0.25, 0.3) is 0 Å². The molecule has 0 N–H and O–H groups in total. The minimum atomic E-state index is 0.537. The molecule has 0 amide bonds. The molecule has 2 unspecified atom stereocenters. The normalized spacial score (nSPS) is 23.8. The lowest BCUT2D eigenvalue weighted by Crippen LogP contribution is -2.29. The number of aromatic nitrogens is 1. The van der Waals surface area contributed by atoms with Crippen LogP contribution in [0.4, 0.5) is 5.82 Å². The van der Waals surface area contributed by atoms with Crippen molar-refractivity contribution < 1.29 is 0 Å². The maximum absolute atomic E-state index is 6.29. The van der Waals surface area contributed by atoms with Crippen molar-refractivity contribution in [3.05, 3.63) is 35.5 Å². The maximum Gasteiger partial charge on any atom is 0.139 e. The van der Waals surface area contributed by atoms with Gasteiger partial charge in [0, 0.05) is 18.0 Å². The van der Waals surface area contributed by atoms with E-state index in [1.807, 2.05) is 18.2 Å². The van der Waals surface area contributed by atoms with Crippen LogP contribution in [-0.4, -0.2) is 17.6 Å². The molecule has 0 bridgehead atoms. The van der Waals surface area contributed by atoms with Crippen molar-refractivity contribution in [3.8, 4) is 0 Å². The predicted octanol–water partition coefficient (Wildman–Crippen LogP) is 4.12. The number of anilines is 1. The summed E-state index contributed by atoms with van der Waals surface area (Å²) in [5.74, 6) is 1.73. The number of rotatable bonds is 1. The Morgan fingerprint density at radius 1 is 1.28 bits per heavy atom. The molecule has 18 heavy (non-hydrogen) atoms. The van der Waals surface area contributed by atoms with E-state index in [1.165, 1.54) is 11.8 Å². The molecule has 1 saturated heterocycles. The van der Waals surface area contributed by atoms with Gasteiger partial charge in [-0.15, -0.1) is 0 Å². The minimum absolute atomic E-state index is 0.537. The van der Waals surface area contributed by atoms with E-state index in [1.54, 1.807) is 0 Å². The zero-order valence-electron chi connectivity index (χ0n) is 10.7. The zero-order valence-corrected chi connectivity index (χ0v) is 11.5. The summed E-state index contributed by atoms with van der Waals surface area (Å²) in [4.78, 5) is 6.92. The van der Waals surface area contributed by atoms with E-state index >= 15 is 0 Å². The number of benzene rings is 1. The van der Waals surface area contributed by atoms with Gasteiger partial charge >= 0.3 is 0 Å². The van der Waals surface area contributed by atoms with E-state index in [2.05, 4.69) is 35.9 Å². The Hall–Kier alpha value is -1.28. The SMILES string of the molecule is CC1CCN(c2cc3ccccc3c(Cl)n2)C1C. The molecule has 94 valence electrons. The van der Waals surface area contributed by atoms with E-state index < -0.39 is 0 Å². The topological polar surface area (TPSA) is 16.1 Å². The highest BCUT2D eigenvalue weighted by molar-refractivity contribution is 6.34. The summed E-state index contributed by atoms with van der Waals surface area (Å²) < 4.78 is 0. The Labute approximate surface area is 113 Å². The van der Waals surface area contributed by atoms with Crippen LogP contribution >= 0.6 is 11.6 Å². The third kappa shape index (κ3) is 1.85. The lowest BCUT2D eigenvalue weighted by Gasteiger charge is -2.25. The molecule has 2 atom stereocenters. The molecular weight excluding hydrogens is 244 g/mol. The van der Waals surface area contributed by atoms with E-state index in [-0.39, 0.29) is 0 Å². The van der Waals surface area contributed by atoms with Gasteiger partial charge in [-0.1, -0.05) is 42.8 Å². The number of hydrogen-bond acceptors (Lipinski definition) is 2. The average Bonchev–Trinajstić information content (AvgIpc) is 2.70. The fourth-order valence-corrected chi connectivity index (χ4v) is 2.97. The molecule has 0 radical (unpaired) electrons. The van der Waals surface area contributed by atoms with Gasteiger partial charge in [0.2, 0.25) is 0 Å². The zero-order chi connectivity index (χ0) is 12.7. The Morgan fingerprint density at radius 2 is 2.06 bits per heavy atom. The van der Waals surface area contributed by atoms with Crippen molar-refractivity contribution in [1.29, 1.82) is 0 Å². The van der Waals surface area contributed by atoms with Crippen LogP contribution < -0.4 is 4.90 Å². The van der Waals surface area contributed by atoms with Gasteiger partial charge in [-0.3, -0.25) is 0 Å². The van der Waals surface area contributed by atoms with Gasteiger partial charge in [0.15, 0.2) is 0 Å². The molecule has 1 aliphatic heterocycles. The molecule has 0 aliphatic carbocycles. The van der Waals surface area contributed by atoms with Crippen LogP contribution in [0.2, 0.25) is 5.15 Å². The summed E-state index contributed by atoms with van der Waals surface area (Å²) in [6.45, 7) is 5.64. The average molecular weight is 261 g/mol. The van der Waals surface area contributed by atoms with Crippen LogP contribution in [0.25, 0.3) is 10.8 Å². The monoisotopic (exact) mass is 260 g/mol. The second kappa shape index (κ2) is 4.43. The van der Waals surface area contributed by atoms with Gasteiger partial charge in [0.1, 0.15) is 11.0 Å². The fraction of sp³-hybridized carbons (Fsp3) is 0.400. The van der Waals surface area contributed by atoms with E-state index in [9.17, 15) is 0 Å². The van der Waals surface area contributed by atoms with Crippen LogP contribution in [0.1, 0.15) is 20.3 Å². The molecular formula is C15H17ClN2. The van der Waals surface area contributed by atoms with Gasteiger partial charge in [-0.25, -0.2) is 4.98 Å². The van der Waals surface area contributed by atoms with Gasteiger partial charge < -0.3 is 4.90 Å². The number of pyridine rings is 1. The molecule has 1 fully saturated rings. The Kier molecular flexibility index (Phi) is 2.90. The second-order valence-corrected chi connectivity index (χ2v) is 5.55. The summed E-state index contributed by atoms with van der Waals surface area (Å²) in [6, 6.07) is 10.8. The highest BCUT2D eigenvalue weighted by Crippen LogP contribution is 2.32. The first-order valence-electron chi connectivity index (χ1n) is 6.49. The van der Waals surface area contributed by atoms with Gasteiger partial charge in [-0.05, 0) is 30.7 Å². The standard InChI is InChI=1S/C15H17ClN2/c1-10-7-8-18(11(10)2)14-9-12-5-3-4-6-13(12)15(16)17-14/h3-6,9-11H,7-8H2,1-2H3. The summed E-state index contributed by atoms with van der Waals surface area (Å²) >= 11 is 6.29. The first kappa shape index (κ1) is 11.8. The Bertz CT molecular complexity index is 582. The predicted molar refractivity (Wildman–Crippen MR) is 77.3 cm³/mol. The van der Waals surface area contributed by atoms with Crippen molar-refractivity contribution in [2.24, 2.45) is 5.92 Å². The lowest BCUT2D eigenvalue weighted by atomic mass is 10.1. The summed E-state index contributed by atoms with van der Waals surface area (Å²) in [5, 5.41) is 2.80. The Balaban J connectivity index is 2.08. The van der Waals surface area contributed by atoms with Crippen molar-refractivity contribution in [2.75, 3.05) is 11.4 Å². The molecule has 0 spiro atoms. The quantitative estimate of drug-likeness (QED) is 0.717.